The van der Waals surface area contributed by atoms with E-state index in [1.54, 1.807) is 0 Å². The number of benzene rings is 1. The van der Waals surface area contributed by atoms with Crippen molar-refractivity contribution in [1.82, 2.24) is 0 Å². The van der Waals surface area contributed by atoms with Crippen molar-refractivity contribution in [2.24, 2.45) is 0 Å². The maximum atomic E-state index is 5.93. The molecule has 1 saturated heterocycles. The Bertz CT molecular complexity index is 332. The topological polar surface area (TPSA) is 18.5 Å². The fourth-order valence-corrected chi connectivity index (χ4v) is 2.27. The minimum absolute atomic E-state index is 0.183. The van der Waals surface area contributed by atoms with Crippen LogP contribution in [0.15, 0.2) is 30.3 Å². The molecule has 16 heavy (non-hydrogen) atoms. The van der Waals surface area contributed by atoms with E-state index >= 15 is 0 Å². The van der Waals surface area contributed by atoms with Crippen molar-refractivity contribution < 1.29 is 9.47 Å². The molecule has 2 rings (SSSR count). The molecule has 88 valence electrons. The van der Waals surface area contributed by atoms with Crippen molar-refractivity contribution in [3.8, 4) is 0 Å². The SMILES string of the molecule is CCC1OC(C)(C)OC1Cc1ccccc1. The van der Waals surface area contributed by atoms with E-state index in [1.807, 2.05) is 19.9 Å². The Kier molecular flexibility index (Phi) is 3.31. The largest absolute Gasteiger partial charge is 0.345 e. The predicted octanol–water partition coefficient (Wildman–Crippen LogP) is 3.16. The summed E-state index contributed by atoms with van der Waals surface area (Å²) in [7, 11) is 0. The molecule has 0 bridgehead atoms. The molecule has 0 aliphatic carbocycles. The maximum Gasteiger partial charge on any atom is 0.163 e. The second kappa shape index (κ2) is 4.56. The van der Waals surface area contributed by atoms with Crippen LogP contribution in [0, 0.1) is 0 Å². The first-order valence-electron chi connectivity index (χ1n) is 6.00. The van der Waals surface area contributed by atoms with Gasteiger partial charge in [0.1, 0.15) is 0 Å². The molecule has 2 atom stereocenters. The minimum Gasteiger partial charge on any atom is -0.345 e. The number of ether oxygens (including phenoxy) is 2. The Morgan fingerprint density at radius 1 is 1.06 bits per heavy atom. The first kappa shape index (κ1) is 11.6. The first-order chi connectivity index (χ1) is 7.61. The van der Waals surface area contributed by atoms with Gasteiger partial charge in [-0.05, 0) is 25.8 Å². The normalized spacial score (nSPS) is 28.2. The van der Waals surface area contributed by atoms with Crippen LogP contribution in [0.2, 0.25) is 0 Å². The fraction of sp³-hybridized carbons (Fsp3) is 0.571. The summed E-state index contributed by atoms with van der Waals surface area (Å²) in [6.45, 7) is 6.12. The van der Waals surface area contributed by atoms with Crippen LogP contribution in [0.5, 0.6) is 0 Å². The van der Waals surface area contributed by atoms with Gasteiger partial charge in [-0.3, -0.25) is 0 Å². The van der Waals surface area contributed by atoms with E-state index in [4.69, 9.17) is 9.47 Å². The van der Waals surface area contributed by atoms with E-state index in [0.29, 0.717) is 0 Å². The molecule has 2 nitrogen and oxygen atoms in total. The van der Waals surface area contributed by atoms with Gasteiger partial charge in [-0.25, -0.2) is 0 Å². The van der Waals surface area contributed by atoms with Crippen molar-refractivity contribution >= 4 is 0 Å². The summed E-state index contributed by atoms with van der Waals surface area (Å²) in [5.74, 6) is -0.430. The third-order valence-corrected chi connectivity index (χ3v) is 2.97. The Morgan fingerprint density at radius 3 is 2.31 bits per heavy atom. The van der Waals surface area contributed by atoms with E-state index in [0.717, 1.165) is 12.8 Å². The van der Waals surface area contributed by atoms with Crippen molar-refractivity contribution in [2.45, 2.75) is 51.6 Å². The molecule has 1 aromatic rings. The smallest absolute Gasteiger partial charge is 0.163 e. The standard InChI is InChI=1S/C14H20O2/c1-4-12-13(16-14(2,3)15-12)10-11-8-6-5-7-9-11/h5-9,12-13H,4,10H2,1-3H3. The summed E-state index contributed by atoms with van der Waals surface area (Å²) in [5.41, 5.74) is 1.31. The molecular formula is C14H20O2. The monoisotopic (exact) mass is 220 g/mol. The van der Waals surface area contributed by atoms with Gasteiger partial charge in [0, 0.05) is 6.42 Å². The lowest BCUT2D eigenvalue weighted by atomic mass is 10.0. The van der Waals surface area contributed by atoms with Crippen LogP contribution in [0.25, 0.3) is 0 Å². The van der Waals surface area contributed by atoms with Crippen LogP contribution in [-0.2, 0) is 15.9 Å². The second-order valence-electron chi connectivity index (χ2n) is 4.81. The molecule has 1 fully saturated rings. The van der Waals surface area contributed by atoms with Crippen LogP contribution in [-0.4, -0.2) is 18.0 Å². The molecule has 0 radical (unpaired) electrons. The van der Waals surface area contributed by atoms with E-state index in [9.17, 15) is 0 Å². The molecule has 0 saturated carbocycles. The Labute approximate surface area is 97.6 Å². The third kappa shape index (κ3) is 2.63. The minimum atomic E-state index is -0.430. The van der Waals surface area contributed by atoms with Gasteiger partial charge in [-0.1, -0.05) is 37.3 Å². The summed E-state index contributed by atoms with van der Waals surface area (Å²) in [6, 6.07) is 10.5. The zero-order chi connectivity index (χ0) is 11.6. The zero-order valence-electron chi connectivity index (χ0n) is 10.3. The zero-order valence-corrected chi connectivity index (χ0v) is 10.3. The summed E-state index contributed by atoms with van der Waals surface area (Å²) >= 11 is 0. The van der Waals surface area contributed by atoms with E-state index in [2.05, 4.69) is 31.2 Å². The molecule has 0 spiro atoms. The molecule has 0 N–H and O–H groups in total. The molecular weight excluding hydrogens is 200 g/mol. The lowest BCUT2D eigenvalue weighted by Gasteiger charge is -2.16. The van der Waals surface area contributed by atoms with Gasteiger partial charge in [0.05, 0.1) is 12.2 Å². The van der Waals surface area contributed by atoms with Crippen LogP contribution in [0.4, 0.5) is 0 Å². The highest BCUT2D eigenvalue weighted by Crippen LogP contribution is 2.31. The summed E-state index contributed by atoms with van der Waals surface area (Å²) in [4.78, 5) is 0. The van der Waals surface area contributed by atoms with E-state index in [-0.39, 0.29) is 12.2 Å². The average molecular weight is 220 g/mol. The Hall–Kier alpha value is -0.860. The highest BCUT2D eigenvalue weighted by atomic mass is 16.7. The summed E-state index contributed by atoms with van der Waals surface area (Å²) < 4.78 is 11.8. The van der Waals surface area contributed by atoms with Crippen molar-refractivity contribution in [3.05, 3.63) is 35.9 Å². The van der Waals surface area contributed by atoms with Crippen molar-refractivity contribution in [2.75, 3.05) is 0 Å². The highest BCUT2D eigenvalue weighted by molar-refractivity contribution is 5.16. The average Bonchev–Trinajstić information content (AvgIpc) is 2.54. The third-order valence-electron chi connectivity index (χ3n) is 2.97. The molecule has 0 amide bonds. The molecule has 1 aliphatic heterocycles. The lowest BCUT2D eigenvalue weighted by molar-refractivity contribution is -0.146. The van der Waals surface area contributed by atoms with Crippen LogP contribution < -0.4 is 0 Å². The highest BCUT2D eigenvalue weighted by Gasteiger charge is 2.39. The summed E-state index contributed by atoms with van der Waals surface area (Å²) in [5, 5.41) is 0. The molecule has 1 heterocycles. The van der Waals surface area contributed by atoms with Gasteiger partial charge in [-0.2, -0.15) is 0 Å². The molecule has 1 aliphatic rings. The van der Waals surface area contributed by atoms with Gasteiger partial charge in [0.15, 0.2) is 5.79 Å². The van der Waals surface area contributed by atoms with Crippen LogP contribution in [0.3, 0.4) is 0 Å². The number of rotatable bonds is 3. The predicted molar refractivity (Wildman–Crippen MR) is 64.3 cm³/mol. The second-order valence-corrected chi connectivity index (χ2v) is 4.81. The number of hydrogen-bond donors (Lipinski definition) is 0. The maximum absolute atomic E-state index is 5.93. The molecule has 0 aromatic heterocycles. The van der Waals surface area contributed by atoms with Crippen LogP contribution in [0.1, 0.15) is 32.8 Å². The van der Waals surface area contributed by atoms with Gasteiger partial charge in [-0.15, -0.1) is 0 Å². The first-order valence-corrected chi connectivity index (χ1v) is 6.00. The van der Waals surface area contributed by atoms with Crippen LogP contribution >= 0.6 is 0 Å². The van der Waals surface area contributed by atoms with E-state index in [1.165, 1.54) is 5.56 Å². The van der Waals surface area contributed by atoms with Crippen molar-refractivity contribution in [3.63, 3.8) is 0 Å². The molecule has 1 aromatic carbocycles. The quantitative estimate of drug-likeness (QED) is 0.779. The van der Waals surface area contributed by atoms with Crippen molar-refractivity contribution in [1.29, 1.82) is 0 Å². The van der Waals surface area contributed by atoms with Gasteiger partial charge in [0.25, 0.3) is 0 Å². The van der Waals surface area contributed by atoms with E-state index < -0.39 is 5.79 Å². The number of hydrogen-bond acceptors (Lipinski definition) is 2. The van der Waals surface area contributed by atoms with Gasteiger partial charge < -0.3 is 9.47 Å². The molecule has 2 unspecified atom stereocenters. The van der Waals surface area contributed by atoms with Gasteiger partial charge >= 0.3 is 0 Å². The molecule has 2 heteroatoms. The van der Waals surface area contributed by atoms with Gasteiger partial charge in [0.2, 0.25) is 0 Å². The Balaban J connectivity index is 2.04. The fourth-order valence-electron chi connectivity index (χ4n) is 2.27. The Morgan fingerprint density at radius 2 is 1.69 bits per heavy atom. The lowest BCUT2D eigenvalue weighted by Crippen LogP contribution is -2.24. The summed E-state index contributed by atoms with van der Waals surface area (Å²) in [6.07, 6.45) is 2.33.